The molecule has 1 heterocycles. The molecule has 1 rings (SSSR count). The maximum Gasteiger partial charge on any atom is 0.0416 e. The largest absolute Gasteiger partial charge is 0.314 e. The molecule has 0 aliphatic heterocycles. The van der Waals surface area contributed by atoms with Crippen LogP contribution in [0.15, 0.2) is 24.4 Å². The van der Waals surface area contributed by atoms with Gasteiger partial charge in [-0.2, -0.15) is 0 Å². The summed E-state index contributed by atoms with van der Waals surface area (Å²) in [5.41, 5.74) is 1.18. The minimum atomic E-state index is 0.592. The molecule has 3 heteroatoms. The summed E-state index contributed by atoms with van der Waals surface area (Å²) >= 11 is 0. The van der Waals surface area contributed by atoms with Crippen LogP contribution in [0.1, 0.15) is 26.0 Å². The van der Waals surface area contributed by atoms with Gasteiger partial charge < -0.3 is 10.2 Å². The van der Waals surface area contributed by atoms with E-state index in [0.717, 1.165) is 26.1 Å². The Morgan fingerprint density at radius 2 is 2.12 bits per heavy atom. The quantitative estimate of drug-likeness (QED) is 0.698. The fourth-order valence-electron chi connectivity index (χ4n) is 1.70. The normalized spacial score (nSPS) is 11.4. The van der Waals surface area contributed by atoms with Crippen molar-refractivity contribution in [2.24, 2.45) is 0 Å². The van der Waals surface area contributed by atoms with Gasteiger partial charge in [0.05, 0.1) is 0 Å². The second-order valence-electron chi connectivity index (χ2n) is 4.84. The molecule has 0 aromatic carbocycles. The lowest BCUT2D eigenvalue weighted by Gasteiger charge is -2.17. The van der Waals surface area contributed by atoms with E-state index in [1.54, 1.807) is 0 Å². The summed E-state index contributed by atoms with van der Waals surface area (Å²) in [5, 5.41) is 3.44. The van der Waals surface area contributed by atoms with E-state index in [2.05, 4.69) is 48.2 Å². The first-order valence-corrected chi connectivity index (χ1v) is 6.50. The van der Waals surface area contributed by atoms with E-state index in [0.29, 0.717) is 6.04 Å². The molecular weight excluding hydrogens is 210 g/mol. The van der Waals surface area contributed by atoms with Crippen molar-refractivity contribution in [2.45, 2.75) is 32.7 Å². The van der Waals surface area contributed by atoms with Crippen LogP contribution in [0.4, 0.5) is 0 Å². The van der Waals surface area contributed by atoms with Crippen LogP contribution in [-0.4, -0.2) is 42.6 Å². The predicted octanol–water partition coefficient (Wildman–Crippen LogP) is 1.94. The Kier molecular flexibility index (Phi) is 6.82. The molecule has 0 fully saturated rings. The summed E-state index contributed by atoms with van der Waals surface area (Å²) in [6, 6.07) is 6.70. The van der Waals surface area contributed by atoms with Gasteiger partial charge in [0, 0.05) is 30.9 Å². The average Bonchev–Trinajstić information content (AvgIpc) is 2.33. The highest BCUT2D eigenvalue weighted by molar-refractivity contribution is 5.03. The summed E-state index contributed by atoms with van der Waals surface area (Å²) < 4.78 is 0. The maximum atomic E-state index is 4.33. The molecule has 0 saturated carbocycles. The highest BCUT2D eigenvalue weighted by Crippen LogP contribution is 1.97. The summed E-state index contributed by atoms with van der Waals surface area (Å²) in [5.74, 6) is 0. The number of aromatic nitrogens is 1. The van der Waals surface area contributed by atoms with Gasteiger partial charge >= 0.3 is 0 Å². The van der Waals surface area contributed by atoms with Gasteiger partial charge in [-0.25, -0.2) is 0 Å². The van der Waals surface area contributed by atoms with Gasteiger partial charge in [0.2, 0.25) is 0 Å². The zero-order chi connectivity index (χ0) is 12.5. The summed E-state index contributed by atoms with van der Waals surface area (Å²) in [6.45, 7) is 7.70. The fourth-order valence-corrected chi connectivity index (χ4v) is 1.70. The van der Waals surface area contributed by atoms with E-state index in [1.807, 2.05) is 12.3 Å². The van der Waals surface area contributed by atoms with Crippen LogP contribution < -0.4 is 5.32 Å². The van der Waals surface area contributed by atoms with Crippen molar-refractivity contribution >= 4 is 0 Å². The predicted molar refractivity (Wildman–Crippen MR) is 73.2 cm³/mol. The average molecular weight is 235 g/mol. The van der Waals surface area contributed by atoms with Gasteiger partial charge in [0.25, 0.3) is 0 Å². The Morgan fingerprint density at radius 3 is 2.76 bits per heavy atom. The second-order valence-corrected chi connectivity index (χ2v) is 4.84. The molecule has 0 amide bonds. The molecule has 17 heavy (non-hydrogen) atoms. The van der Waals surface area contributed by atoms with Crippen molar-refractivity contribution in [1.29, 1.82) is 0 Å². The molecule has 0 saturated heterocycles. The molecule has 1 aromatic rings. The first-order chi connectivity index (χ1) is 8.18. The van der Waals surface area contributed by atoms with E-state index in [9.17, 15) is 0 Å². The first kappa shape index (κ1) is 14.1. The van der Waals surface area contributed by atoms with Gasteiger partial charge in [0.1, 0.15) is 0 Å². The molecule has 96 valence electrons. The van der Waals surface area contributed by atoms with Crippen LogP contribution in [0.5, 0.6) is 0 Å². The Hall–Kier alpha value is -0.930. The van der Waals surface area contributed by atoms with Crippen LogP contribution in [0, 0.1) is 0 Å². The van der Waals surface area contributed by atoms with Gasteiger partial charge in [-0.15, -0.1) is 0 Å². The smallest absolute Gasteiger partial charge is 0.0416 e. The fraction of sp³-hybridized carbons (Fsp3) is 0.643. The zero-order valence-corrected chi connectivity index (χ0v) is 11.3. The van der Waals surface area contributed by atoms with Crippen molar-refractivity contribution in [3.63, 3.8) is 0 Å². The van der Waals surface area contributed by atoms with Crippen molar-refractivity contribution in [1.82, 2.24) is 15.2 Å². The van der Waals surface area contributed by atoms with Gasteiger partial charge in [-0.3, -0.25) is 4.98 Å². The van der Waals surface area contributed by atoms with E-state index in [-0.39, 0.29) is 0 Å². The number of pyridine rings is 1. The molecule has 0 aliphatic rings. The van der Waals surface area contributed by atoms with Crippen molar-refractivity contribution in [2.75, 3.05) is 26.7 Å². The first-order valence-electron chi connectivity index (χ1n) is 6.50. The molecule has 0 unspecified atom stereocenters. The number of hydrogen-bond acceptors (Lipinski definition) is 3. The number of nitrogens with zero attached hydrogens (tertiary/aromatic N) is 2. The van der Waals surface area contributed by atoms with Crippen LogP contribution in [0.25, 0.3) is 0 Å². The SMILES string of the molecule is CC(C)NCCCN(C)CCc1ccccn1. The third kappa shape index (κ3) is 7.08. The standard InChI is InChI=1S/C14H25N3/c1-13(2)15-10-6-11-17(3)12-8-14-7-4-5-9-16-14/h4-5,7,9,13,15H,6,8,10-12H2,1-3H3. The number of nitrogens with one attached hydrogen (secondary N) is 1. The number of hydrogen-bond donors (Lipinski definition) is 1. The molecule has 1 aromatic heterocycles. The second kappa shape index (κ2) is 8.20. The van der Waals surface area contributed by atoms with Crippen LogP contribution in [0.2, 0.25) is 0 Å². The molecule has 0 spiro atoms. The highest BCUT2D eigenvalue weighted by atomic mass is 15.1. The van der Waals surface area contributed by atoms with E-state index >= 15 is 0 Å². The van der Waals surface area contributed by atoms with Gasteiger partial charge in [-0.05, 0) is 38.7 Å². The topological polar surface area (TPSA) is 28.2 Å². The van der Waals surface area contributed by atoms with Crippen molar-refractivity contribution in [3.8, 4) is 0 Å². The number of likely N-dealkylation sites (N-methyl/N-ethyl adjacent to an activating group) is 1. The van der Waals surface area contributed by atoms with Gasteiger partial charge in [-0.1, -0.05) is 19.9 Å². The van der Waals surface area contributed by atoms with Crippen molar-refractivity contribution < 1.29 is 0 Å². The lowest BCUT2D eigenvalue weighted by molar-refractivity contribution is 0.328. The molecule has 0 bridgehead atoms. The Balaban J connectivity index is 2.07. The van der Waals surface area contributed by atoms with Crippen molar-refractivity contribution in [3.05, 3.63) is 30.1 Å². The lowest BCUT2D eigenvalue weighted by Crippen LogP contribution is -2.28. The number of rotatable bonds is 8. The molecule has 1 N–H and O–H groups in total. The molecule has 0 aliphatic carbocycles. The molecule has 3 nitrogen and oxygen atoms in total. The van der Waals surface area contributed by atoms with E-state index in [4.69, 9.17) is 0 Å². The van der Waals surface area contributed by atoms with E-state index in [1.165, 1.54) is 12.1 Å². The lowest BCUT2D eigenvalue weighted by atomic mass is 10.2. The molecule has 0 atom stereocenters. The summed E-state index contributed by atoms with van der Waals surface area (Å²) in [6.07, 6.45) is 4.10. The van der Waals surface area contributed by atoms with Crippen LogP contribution in [-0.2, 0) is 6.42 Å². The summed E-state index contributed by atoms with van der Waals surface area (Å²) in [4.78, 5) is 6.70. The maximum absolute atomic E-state index is 4.33. The Bertz CT molecular complexity index is 285. The van der Waals surface area contributed by atoms with Gasteiger partial charge in [0.15, 0.2) is 0 Å². The third-order valence-corrected chi connectivity index (χ3v) is 2.75. The Labute approximate surface area is 105 Å². The van der Waals surface area contributed by atoms with Crippen LogP contribution in [0.3, 0.4) is 0 Å². The minimum Gasteiger partial charge on any atom is -0.314 e. The van der Waals surface area contributed by atoms with Crippen LogP contribution >= 0.6 is 0 Å². The molecule has 0 radical (unpaired) electrons. The monoisotopic (exact) mass is 235 g/mol. The Morgan fingerprint density at radius 1 is 1.29 bits per heavy atom. The minimum absolute atomic E-state index is 0.592. The zero-order valence-electron chi connectivity index (χ0n) is 11.3. The molecular formula is C14H25N3. The van der Waals surface area contributed by atoms with E-state index < -0.39 is 0 Å². The third-order valence-electron chi connectivity index (χ3n) is 2.75. The highest BCUT2D eigenvalue weighted by Gasteiger charge is 2.00. The summed E-state index contributed by atoms with van der Waals surface area (Å²) in [7, 11) is 2.18.